The van der Waals surface area contributed by atoms with Crippen LogP contribution >= 0.6 is 0 Å². The maximum atomic E-state index is 5.66. The number of nitrogens with two attached hydrogens (primary N) is 1. The van der Waals surface area contributed by atoms with Crippen LogP contribution in [0.1, 0.15) is 13.3 Å². The van der Waals surface area contributed by atoms with Gasteiger partial charge in [0.1, 0.15) is 0 Å². The molecule has 48 valence electrons. The molecule has 0 aromatic carbocycles. The predicted molar refractivity (Wildman–Crippen MR) is 34.6 cm³/mol. The van der Waals surface area contributed by atoms with Crippen LogP contribution in [-0.4, -0.2) is 19.1 Å². The van der Waals surface area contributed by atoms with Crippen molar-refractivity contribution >= 4 is 0 Å². The Bertz CT molecular complexity index is 64.9. The molecule has 0 bridgehead atoms. The van der Waals surface area contributed by atoms with Gasteiger partial charge in [0, 0.05) is 12.6 Å². The van der Waals surface area contributed by atoms with Gasteiger partial charge in [-0.1, -0.05) is 6.92 Å². The van der Waals surface area contributed by atoms with Gasteiger partial charge >= 0.3 is 0 Å². The molecule has 2 atom stereocenters. The minimum absolute atomic E-state index is 0.402. The summed E-state index contributed by atoms with van der Waals surface area (Å²) >= 11 is 0. The molecule has 1 heterocycles. The standard InChI is InChI=1S/C6H14N2/c1-5-2-6(7)4-8-3-5/h5-6,8H,2-4,7H2,1H3/t5-,6+/m1/s1. The molecule has 0 saturated carbocycles. The smallest absolute Gasteiger partial charge is 0.0168 e. The quantitative estimate of drug-likeness (QED) is 0.463. The first-order valence-corrected chi connectivity index (χ1v) is 3.25. The monoisotopic (exact) mass is 114 g/mol. The minimum atomic E-state index is 0.402. The molecule has 2 heteroatoms. The largest absolute Gasteiger partial charge is 0.327 e. The van der Waals surface area contributed by atoms with E-state index in [1.54, 1.807) is 0 Å². The van der Waals surface area contributed by atoms with E-state index in [9.17, 15) is 0 Å². The minimum Gasteiger partial charge on any atom is -0.327 e. The van der Waals surface area contributed by atoms with Gasteiger partial charge in [-0.05, 0) is 18.9 Å². The summed E-state index contributed by atoms with van der Waals surface area (Å²) in [5, 5.41) is 3.26. The zero-order chi connectivity index (χ0) is 5.98. The lowest BCUT2D eigenvalue weighted by Gasteiger charge is -2.24. The Hall–Kier alpha value is -0.0800. The summed E-state index contributed by atoms with van der Waals surface area (Å²) in [6.45, 7) is 4.38. The van der Waals surface area contributed by atoms with Gasteiger partial charge in [0.25, 0.3) is 0 Å². The average Bonchev–Trinajstić information content (AvgIpc) is 1.64. The van der Waals surface area contributed by atoms with Crippen molar-refractivity contribution in [2.75, 3.05) is 13.1 Å². The van der Waals surface area contributed by atoms with Crippen LogP contribution in [-0.2, 0) is 0 Å². The van der Waals surface area contributed by atoms with Crippen LogP contribution in [0.15, 0.2) is 0 Å². The summed E-state index contributed by atoms with van der Waals surface area (Å²) in [4.78, 5) is 0. The molecule has 0 aromatic heterocycles. The Morgan fingerprint density at radius 2 is 2.25 bits per heavy atom. The second-order valence-corrected chi connectivity index (χ2v) is 2.76. The first-order valence-electron chi connectivity index (χ1n) is 3.25. The van der Waals surface area contributed by atoms with Crippen molar-refractivity contribution in [3.8, 4) is 0 Å². The summed E-state index contributed by atoms with van der Waals surface area (Å²) in [5.41, 5.74) is 5.66. The van der Waals surface area contributed by atoms with Crippen LogP contribution in [0.2, 0.25) is 0 Å². The number of rotatable bonds is 0. The molecule has 1 saturated heterocycles. The lowest BCUT2D eigenvalue weighted by atomic mass is 9.99. The van der Waals surface area contributed by atoms with Crippen molar-refractivity contribution < 1.29 is 0 Å². The van der Waals surface area contributed by atoms with Crippen molar-refractivity contribution in [1.29, 1.82) is 0 Å². The van der Waals surface area contributed by atoms with E-state index >= 15 is 0 Å². The lowest BCUT2D eigenvalue weighted by molar-refractivity contribution is 0.364. The second-order valence-electron chi connectivity index (χ2n) is 2.76. The highest BCUT2D eigenvalue weighted by atomic mass is 14.9. The van der Waals surface area contributed by atoms with E-state index in [0.717, 1.165) is 19.0 Å². The number of piperidine rings is 1. The van der Waals surface area contributed by atoms with E-state index in [-0.39, 0.29) is 0 Å². The van der Waals surface area contributed by atoms with Gasteiger partial charge in [-0.2, -0.15) is 0 Å². The summed E-state index contributed by atoms with van der Waals surface area (Å²) in [6.07, 6.45) is 1.19. The van der Waals surface area contributed by atoms with Crippen LogP contribution in [0, 0.1) is 5.92 Å². The van der Waals surface area contributed by atoms with Crippen molar-refractivity contribution in [1.82, 2.24) is 5.32 Å². The maximum absolute atomic E-state index is 5.66. The first kappa shape index (κ1) is 6.05. The molecule has 0 radical (unpaired) electrons. The summed E-state index contributed by atoms with van der Waals surface area (Å²) in [7, 11) is 0. The molecule has 2 nitrogen and oxygen atoms in total. The Labute approximate surface area is 50.4 Å². The average molecular weight is 114 g/mol. The highest BCUT2D eigenvalue weighted by Gasteiger charge is 2.13. The molecular formula is C6H14N2. The molecule has 8 heavy (non-hydrogen) atoms. The molecule has 1 rings (SSSR count). The molecule has 1 aliphatic heterocycles. The van der Waals surface area contributed by atoms with Crippen molar-refractivity contribution in [2.45, 2.75) is 19.4 Å². The van der Waals surface area contributed by atoms with Crippen molar-refractivity contribution in [3.05, 3.63) is 0 Å². The molecule has 1 fully saturated rings. The van der Waals surface area contributed by atoms with E-state index in [0.29, 0.717) is 6.04 Å². The van der Waals surface area contributed by atoms with E-state index in [4.69, 9.17) is 5.73 Å². The normalized spacial score (nSPS) is 39.8. The van der Waals surface area contributed by atoms with Gasteiger partial charge in [0.15, 0.2) is 0 Å². The molecule has 3 N–H and O–H groups in total. The van der Waals surface area contributed by atoms with Crippen LogP contribution in [0.4, 0.5) is 0 Å². The summed E-state index contributed by atoms with van der Waals surface area (Å²) in [5.74, 6) is 0.777. The third kappa shape index (κ3) is 1.46. The molecule has 0 spiro atoms. The highest BCUT2D eigenvalue weighted by Crippen LogP contribution is 2.06. The molecular weight excluding hydrogens is 100 g/mol. The molecule has 0 unspecified atom stereocenters. The first-order chi connectivity index (χ1) is 3.79. The Morgan fingerprint density at radius 1 is 1.50 bits per heavy atom. The van der Waals surface area contributed by atoms with E-state index in [1.807, 2.05) is 0 Å². The lowest BCUT2D eigenvalue weighted by Crippen LogP contribution is -2.43. The van der Waals surface area contributed by atoms with E-state index in [1.165, 1.54) is 6.42 Å². The van der Waals surface area contributed by atoms with Gasteiger partial charge in [0.05, 0.1) is 0 Å². The molecule has 0 aliphatic carbocycles. The molecule has 0 amide bonds. The predicted octanol–water partition coefficient (Wildman–Crippen LogP) is -0.0569. The SMILES string of the molecule is C[C@H]1CNC[C@@H](N)C1. The van der Waals surface area contributed by atoms with Crippen LogP contribution in [0.25, 0.3) is 0 Å². The van der Waals surface area contributed by atoms with Crippen LogP contribution in [0.3, 0.4) is 0 Å². The maximum Gasteiger partial charge on any atom is 0.0168 e. The zero-order valence-electron chi connectivity index (χ0n) is 5.35. The van der Waals surface area contributed by atoms with Gasteiger partial charge < -0.3 is 11.1 Å². The fourth-order valence-corrected chi connectivity index (χ4v) is 1.20. The van der Waals surface area contributed by atoms with Crippen molar-refractivity contribution in [2.24, 2.45) is 11.7 Å². The van der Waals surface area contributed by atoms with Crippen LogP contribution in [0.5, 0.6) is 0 Å². The van der Waals surface area contributed by atoms with E-state index in [2.05, 4.69) is 12.2 Å². The summed E-state index contributed by atoms with van der Waals surface area (Å²) in [6, 6.07) is 0.402. The molecule has 1 aliphatic rings. The zero-order valence-corrected chi connectivity index (χ0v) is 5.35. The van der Waals surface area contributed by atoms with Gasteiger partial charge in [-0.3, -0.25) is 0 Å². The second kappa shape index (κ2) is 2.46. The number of hydrogen-bond donors (Lipinski definition) is 2. The number of nitrogens with one attached hydrogen (secondary N) is 1. The third-order valence-electron chi connectivity index (χ3n) is 1.60. The van der Waals surface area contributed by atoms with Gasteiger partial charge in [-0.25, -0.2) is 0 Å². The Balaban J connectivity index is 2.23. The third-order valence-corrected chi connectivity index (χ3v) is 1.60. The summed E-state index contributed by atoms with van der Waals surface area (Å²) < 4.78 is 0. The highest BCUT2D eigenvalue weighted by molar-refractivity contribution is 4.75. The van der Waals surface area contributed by atoms with Crippen LogP contribution < -0.4 is 11.1 Å². The molecule has 0 aromatic rings. The topological polar surface area (TPSA) is 38.0 Å². The Morgan fingerprint density at radius 3 is 2.62 bits per heavy atom. The fourth-order valence-electron chi connectivity index (χ4n) is 1.20. The number of hydrogen-bond acceptors (Lipinski definition) is 2. The van der Waals surface area contributed by atoms with Crippen molar-refractivity contribution in [3.63, 3.8) is 0 Å². The fraction of sp³-hybridized carbons (Fsp3) is 1.00. The van der Waals surface area contributed by atoms with Gasteiger partial charge in [0.2, 0.25) is 0 Å². The van der Waals surface area contributed by atoms with Gasteiger partial charge in [-0.15, -0.1) is 0 Å². The van der Waals surface area contributed by atoms with E-state index < -0.39 is 0 Å². The Kier molecular flexibility index (Phi) is 1.86.